The van der Waals surface area contributed by atoms with E-state index >= 15 is 0 Å². The van der Waals surface area contributed by atoms with Crippen molar-refractivity contribution in [3.05, 3.63) is 34.3 Å². The van der Waals surface area contributed by atoms with E-state index in [4.69, 9.17) is 4.42 Å². The number of oxazole rings is 1. The van der Waals surface area contributed by atoms with Crippen molar-refractivity contribution in [2.75, 3.05) is 31.9 Å². The lowest BCUT2D eigenvalue weighted by Crippen LogP contribution is -2.51. The van der Waals surface area contributed by atoms with Gasteiger partial charge in [0.2, 0.25) is 10.0 Å². The molecule has 1 aliphatic rings. The molecule has 2 aromatic rings. The van der Waals surface area contributed by atoms with Crippen LogP contribution < -0.4 is 5.76 Å². The van der Waals surface area contributed by atoms with Gasteiger partial charge in [0.15, 0.2) is 5.58 Å². The Kier molecular flexibility index (Phi) is 4.70. The van der Waals surface area contributed by atoms with Gasteiger partial charge in [-0.05, 0) is 24.6 Å². The summed E-state index contributed by atoms with van der Waals surface area (Å²) < 4.78 is 32.1. The Bertz CT molecular complexity index is 952. The molecule has 0 N–H and O–H groups in total. The number of carbonyl (C=O) groups excluding carboxylic acids is 1. The number of aryl methyl sites for hydroxylation is 1. The molecule has 0 spiro atoms. The van der Waals surface area contributed by atoms with E-state index in [2.05, 4.69) is 0 Å². The van der Waals surface area contributed by atoms with E-state index in [0.29, 0.717) is 49.3 Å². The molecule has 136 valence electrons. The van der Waals surface area contributed by atoms with Crippen LogP contribution in [0, 0.1) is 0 Å². The molecule has 25 heavy (non-hydrogen) atoms. The largest absolute Gasteiger partial charge is 0.419 e. The van der Waals surface area contributed by atoms with Gasteiger partial charge in [0.05, 0.1) is 11.3 Å². The zero-order chi connectivity index (χ0) is 18.2. The van der Waals surface area contributed by atoms with E-state index in [-0.39, 0.29) is 11.7 Å². The number of aromatic nitrogens is 1. The Morgan fingerprint density at radius 1 is 1.20 bits per heavy atom. The fraction of sp³-hybridized carbons (Fsp3) is 0.500. The van der Waals surface area contributed by atoms with Gasteiger partial charge in [0.25, 0.3) is 5.91 Å². The third-order valence-electron chi connectivity index (χ3n) is 4.42. The Morgan fingerprint density at radius 2 is 1.88 bits per heavy atom. The average Bonchev–Trinajstić information content (AvgIpc) is 2.88. The SMILES string of the molecule is CCCS(=O)(=O)N1CCN(C(=O)c2ccc3oc(=O)n(C)c3c2)CC1. The molecular formula is C16H21N3O5S. The molecular weight excluding hydrogens is 346 g/mol. The van der Waals surface area contributed by atoms with Crippen LogP contribution in [0.3, 0.4) is 0 Å². The molecule has 0 atom stereocenters. The van der Waals surface area contributed by atoms with Crippen molar-refractivity contribution in [3.63, 3.8) is 0 Å². The number of nitrogens with zero attached hydrogens (tertiary/aromatic N) is 3. The highest BCUT2D eigenvalue weighted by Gasteiger charge is 2.28. The monoisotopic (exact) mass is 367 g/mol. The van der Waals surface area contributed by atoms with Gasteiger partial charge in [0.1, 0.15) is 0 Å². The summed E-state index contributed by atoms with van der Waals surface area (Å²) in [6.45, 7) is 3.14. The smallest absolute Gasteiger partial charge is 0.408 e. The molecule has 1 aromatic heterocycles. The Balaban J connectivity index is 1.75. The molecule has 1 aliphatic heterocycles. The van der Waals surface area contributed by atoms with Gasteiger partial charge in [-0.15, -0.1) is 0 Å². The second kappa shape index (κ2) is 6.64. The highest BCUT2D eigenvalue weighted by atomic mass is 32.2. The zero-order valence-electron chi connectivity index (χ0n) is 14.3. The molecule has 8 nitrogen and oxygen atoms in total. The first-order valence-corrected chi connectivity index (χ1v) is 9.81. The fourth-order valence-corrected chi connectivity index (χ4v) is 4.49. The molecule has 0 unspecified atom stereocenters. The summed E-state index contributed by atoms with van der Waals surface area (Å²) in [5, 5.41) is 0. The number of fused-ring (bicyclic) bond motifs is 1. The molecule has 2 heterocycles. The minimum atomic E-state index is -3.23. The van der Waals surface area contributed by atoms with E-state index in [1.807, 2.05) is 6.92 Å². The minimum absolute atomic E-state index is 0.131. The van der Waals surface area contributed by atoms with Crippen molar-refractivity contribution in [2.45, 2.75) is 13.3 Å². The van der Waals surface area contributed by atoms with Crippen molar-refractivity contribution in [1.82, 2.24) is 13.8 Å². The maximum atomic E-state index is 12.7. The van der Waals surface area contributed by atoms with Crippen LogP contribution in [0.1, 0.15) is 23.7 Å². The fourth-order valence-electron chi connectivity index (χ4n) is 3.00. The van der Waals surface area contributed by atoms with Crippen LogP contribution in [-0.4, -0.2) is 60.0 Å². The van der Waals surface area contributed by atoms with Gasteiger partial charge in [-0.1, -0.05) is 6.92 Å². The number of sulfonamides is 1. The first kappa shape index (κ1) is 17.7. The van der Waals surface area contributed by atoms with Gasteiger partial charge in [-0.3, -0.25) is 9.36 Å². The summed E-state index contributed by atoms with van der Waals surface area (Å²) in [7, 11) is -1.65. The van der Waals surface area contributed by atoms with Crippen molar-refractivity contribution in [3.8, 4) is 0 Å². The lowest BCUT2D eigenvalue weighted by atomic mass is 10.1. The van der Waals surface area contributed by atoms with Crippen LogP contribution >= 0.6 is 0 Å². The number of amides is 1. The highest BCUT2D eigenvalue weighted by molar-refractivity contribution is 7.89. The van der Waals surface area contributed by atoms with Crippen LogP contribution in [0.4, 0.5) is 0 Å². The Labute approximate surface area is 145 Å². The van der Waals surface area contributed by atoms with Crippen molar-refractivity contribution in [1.29, 1.82) is 0 Å². The molecule has 3 rings (SSSR count). The number of benzene rings is 1. The molecule has 0 radical (unpaired) electrons. The van der Waals surface area contributed by atoms with Crippen LogP contribution in [0.5, 0.6) is 0 Å². The molecule has 1 fully saturated rings. The molecule has 1 amide bonds. The normalized spacial score (nSPS) is 16.5. The van der Waals surface area contributed by atoms with Crippen molar-refractivity contribution >= 4 is 27.0 Å². The first-order chi connectivity index (χ1) is 11.8. The summed E-state index contributed by atoms with van der Waals surface area (Å²) in [6.07, 6.45) is 0.574. The van der Waals surface area contributed by atoms with Gasteiger partial charge in [-0.2, -0.15) is 4.31 Å². The molecule has 9 heteroatoms. The minimum Gasteiger partial charge on any atom is -0.408 e. The number of carbonyl (C=O) groups is 1. The first-order valence-electron chi connectivity index (χ1n) is 8.20. The van der Waals surface area contributed by atoms with E-state index in [1.165, 1.54) is 8.87 Å². The molecule has 0 saturated carbocycles. The summed E-state index contributed by atoms with van der Waals surface area (Å²) in [5.41, 5.74) is 1.44. The molecule has 1 aromatic carbocycles. The van der Waals surface area contributed by atoms with E-state index in [9.17, 15) is 18.0 Å². The van der Waals surface area contributed by atoms with Crippen LogP contribution in [0.25, 0.3) is 11.1 Å². The van der Waals surface area contributed by atoms with Crippen LogP contribution in [0.15, 0.2) is 27.4 Å². The summed E-state index contributed by atoms with van der Waals surface area (Å²) >= 11 is 0. The average molecular weight is 367 g/mol. The van der Waals surface area contributed by atoms with Gasteiger partial charge < -0.3 is 9.32 Å². The van der Waals surface area contributed by atoms with E-state index in [1.54, 1.807) is 30.1 Å². The number of hydrogen-bond acceptors (Lipinski definition) is 5. The molecule has 1 saturated heterocycles. The van der Waals surface area contributed by atoms with E-state index in [0.717, 1.165) is 0 Å². The van der Waals surface area contributed by atoms with Gasteiger partial charge in [0, 0.05) is 38.8 Å². The third-order valence-corrected chi connectivity index (χ3v) is 6.50. The third kappa shape index (κ3) is 3.34. The summed E-state index contributed by atoms with van der Waals surface area (Å²) in [6, 6.07) is 4.85. The molecule has 0 bridgehead atoms. The van der Waals surface area contributed by atoms with Crippen LogP contribution in [-0.2, 0) is 17.1 Å². The predicted molar refractivity (Wildman–Crippen MR) is 93.0 cm³/mol. The summed E-state index contributed by atoms with van der Waals surface area (Å²) in [4.78, 5) is 25.9. The lowest BCUT2D eigenvalue weighted by Gasteiger charge is -2.34. The van der Waals surface area contributed by atoms with Gasteiger partial charge >= 0.3 is 5.76 Å². The Morgan fingerprint density at radius 3 is 2.52 bits per heavy atom. The topological polar surface area (TPSA) is 92.8 Å². The zero-order valence-corrected chi connectivity index (χ0v) is 15.1. The number of hydrogen-bond donors (Lipinski definition) is 0. The maximum absolute atomic E-state index is 12.7. The quantitative estimate of drug-likeness (QED) is 0.790. The van der Waals surface area contributed by atoms with Crippen molar-refractivity contribution in [2.24, 2.45) is 7.05 Å². The second-order valence-electron chi connectivity index (χ2n) is 6.12. The van der Waals surface area contributed by atoms with Gasteiger partial charge in [-0.25, -0.2) is 13.2 Å². The maximum Gasteiger partial charge on any atom is 0.419 e. The lowest BCUT2D eigenvalue weighted by molar-refractivity contribution is 0.0698. The van der Waals surface area contributed by atoms with Crippen LogP contribution in [0.2, 0.25) is 0 Å². The predicted octanol–water partition coefficient (Wildman–Crippen LogP) is 0.629. The highest BCUT2D eigenvalue weighted by Crippen LogP contribution is 2.17. The Hall–Kier alpha value is -2.13. The number of piperazine rings is 1. The summed E-state index contributed by atoms with van der Waals surface area (Å²) in [5.74, 6) is -0.524. The van der Waals surface area contributed by atoms with E-state index < -0.39 is 15.8 Å². The number of rotatable bonds is 4. The molecule has 0 aliphatic carbocycles. The standard InChI is InChI=1S/C16H21N3O5S/c1-3-10-25(22,23)19-8-6-18(7-9-19)15(20)12-4-5-14-13(11-12)17(2)16(21)24-14/h4-5,11H,3,6-10H2,1-2H3. The van der Waals surface area contributed by atoms with Crippen molar-refractivity contribution < 1.29 is 17.6 Å². The second-order valence-corrected chi connectivity index (χ2v) is 8.21.